The van der Waals surface area contributed by atoms with Crippen molar-refractivity contribution in [1.29, 1.82) is 0 Å². The molecule has 92 valence electrons. The third kappa shape index (κ3) is 3.26. The van der Waals surface area contributed by atoms with Gasteiger partial charge < -0.3 is 5.32 Å². The fraction of sp³-hybridized carbons (Fsp3) is 0.700. The van der Waals surface area contributed by atoms with E-state index in [-0.39, 0.29) is 6.04 Å². The monoisotopic (exact) mass is 262 g/mol. The van der Waals surface area contributed by atoms with E-state index in [1.807, 2.05) is 13.8 Å². The quantitative estimate of drug-likeness (QED) is 0.880. The van der Waals surface area contributed by atoms with Crippen LogP contribution in [0.5, 0.6) is 0 Å². The summed E-state index contributed by atoms with van der Waals surface area (Å²) in [5, 5.41) is 3.43. The Labute approximate surface area is 101 Å². The van der Waals surface area contributed by atoms with E-state index in [1.54, 1.807) is 13.1 Å². The Morgan fingerprint density at radius 1 is 1.50 bits per heavy atom. The zero-order valence-corrected chi connectivity index (χ0v) is 11.7. The number of nitrogens with zero attached hydrogens (tertiary/aromatic N) is 1. The average Bonchev–Trinajstić information content (AvgIpc) is 2.64. The summed E-state index contributed by atoms with van der Waals surface area (Å²) in [6.07, 6.45) is 3.00. The molecule has 0 saturated carbocycles. The molecule has 0 aliphatic carbocycles. The van der Waals surface area contributed by atoms with Gasteiger partial charge in [0.2, 0.25) is 0 Å². The second-order valence-electron chi connectivity index (χ2n) is 3.85. The minimum atomic E-state index is -3.05. The molecule has 0 aliphatic heterocycles. The van der Waals surface area contributed by atoms with Crippen molar-refractivity contribution in [3.05, 3.63) is 16.1 Å². The second-order valence-corrected chi connectivity index (χ2v) is 7.31. The van der Waals surface area contributed by atoms with E-state index in [0.717, 1.165) is 11.4 Å². The van der Waals surface area contributed by atoms with Crippen molar-refractivity contribution in [3.63, 3.8) is 0 Å². The molecule has 1 rings (SSSR count). The van der Waals surface area contributed by atoms with Gasteiger partial charge in [-0.3, -0.25) is 0 Å². The Morgan fingerprint density at radius 2 is 2.12 bits per heavy atom. The second kappa shape index (κ2) is 5.25. The Morgan fingerprint density at radius 3 is 2.62 bits per heavy atom. The van der Waals surface area contributed by atoms with Crippen molar-refractivity contribution in [2.75, 3.05) is 12.8 Å². The summed E-state index contributed by atoms with van der Waals surface area (Å²) in [6, 6.07) is 0.225. The number of thiazole rings is 1. The Balaban J connectivity index is 2.87. The molecule has 0 aliphatic rings. The molecular formula is C10H18N2O2S2. The van der Waals surface area contributed by atoms with Crippen molar-refractivity contribution in [2.45, 2.75) is 32.1 Å². The van der Waals surface area contributed by atoms with E-state index >= 15 is 0 Å². The fourth-order valence-electron chi connectivity index (χ4n) is 1.28. The third-order valence-electron chi connectivity index (χ3n) is 2.47. The van der Waals surface area contributed by atoms with E-state index in [1.165, 1.54) is 17.6 Å². The van der Waals surface area contributed by atoms with Crippen LogP contribution >= 0.6 is 11.3 Å². The molecule has 2 unspecified atom stereocenters. The first-order valence-corrected chi connectivity index (χ1v) is 8.01. The molecule has 16 heavy (non-hydrogen) atoms. The summed E-state index contributed by atoms with van der Waals surface area (Å²) in [5.41, 5.74) is 0. The molecule has 0 spiro atoms. The maximum Gasteiger partial charge on any atom is 0.156 e. The van der Waals surface area contributed by atoms with E-state index < -0.39 is 15.1 Å². The van der Waals surface area contributed by atoms with Gasteiger partial charge >= 0.3 is 0 Å². The van der Waals surface area contributed by atoms with Crippen LogP contribution in [0.2, 0.25) is 0 Å². The van der Waals surface area contributed by atoms with Gasteiger partial charge in [-0.2, -0.15) is 0 Å². The van der Waals surface area contributed by atoms with Crippen LogP contribution in [0.4, 0.5) is 0 Å². The molecule has 0 amide bonds. The number of aromatic nitrogens is 1. The Bertz CT molecular complexity index is 439. The summed E-state index contributed by atoms with van der Waals surface area (Å²) < 4.78 is 22.8. The molecule has 2 atom stereocenters. The molecule has 6 heteroatoms. The maximum atomic E-state index is 11.4. The molecule has 0 aromatic carbocycles. The topological polar surface area (TPSA) is 59.1 Å². The Kier molecular flexibility index (Phi) is 4.46. The highest BCUT2D eigenvalue weighted by Gasteiger charge is 2.21. The van der Waals surface area contributed by atoms with Crippen LogP contribution in [0.1, 0.15) is 41.9 Å². The normalized spacial score (nSPS) is 16.0. The van der Waals surface area contributed by atoms with Crippen molar-refractivity contribution in [3.8, 4) is 0 Å². The fourth-order valence-corrected chi connectivity index (χ4v) is 3.25. The lowest BCUT2D eigenvalue weighted by atomic mass is 10.3. The highest BCUT2D eigenvalue weighted by atomic mass is 32.2. The zero-order chi connectivity index (χ0) is 12.3. The lowest BCUT2D eigenvalue weighted by Gasteiger charge is -2.08. The highest BCUT2D eigenvalue weighted by molar-refractivity contribution is 7.91. The van der Waals surface area contributed by atoms with Gasteiger partial charge in [0.15, 0.2) is 9.84 Å². The summed E-state index contributed by atoms with van der Waals surface area (Å²) >= 11 is 1.46. The molecule has 0 saturated heterocycles. The minimum absolute atomic E-state index is 0.225. The first kappa shape index (κ1) is 13.6. The molecule has 4 nitrogen and oxygen atoms in total. The van der Waals surface area contributed by atoms with Crippen molar-refractivity contribution in [2.24, 2.45) is 0 Å². The molecule has 0 radical (unpaired) electrons. The van der Waals surface area contributed by atoms with Crippen LogP contribution in [0.15, 0.2) is 6.20 Å². The maximum absolute atomic E-state index is 11.4. The van der Waals surface area contributed by atoms with Gasteiger partial charge in [-0.1, -0.05) is 6.92 Å². The number of nitrogens with one attached hydrogen (secondary N) is 1. The first-order valence-electron chi connectivity index (χ1n) is 5.24. The largest absolute Gasteiger partial charge is 0.310 e. The van der Waals surface area contributed by atoms with E-state index in [0.29, 0.717) is 5.01 Å². The van der Waals surface area contributed by atoms with Crippen LogP contribution in [-0.2, 0) is 9.84 Å². The summed E-state index contributed by atoms with van der Waals surface area (Å²) in [7, 11) is -3.05. The first-order chi connectivity index (χ1) is 7.36. The molecular weight excluding hydrogens is 244 g/mol. The number of hydrogen-bond donors (Lipinski definition) is 1. The molecule has 1 heterocycles. The number of sulfone groups is 1. The molecule has 0 bridgehead atoms. The minimum Gasteiger partial charge on any atom is -0.310 e. The molecule has 1 N–H and O–H groups in total. The smallest absolute Gasteiger partial charge is 0.156 e. The molecule has 0 fully saturated rings. The van der Waals surface area contributed by atoms with Gasteiger partial charge in [-0.05, 0) is 20.4 Å². The number of rotatable bonds is 5. The van der Waals surface area contributed by atoms with Gasteiger partial charge in [-0.15, -0.1) is 11.3 Å². The van der Waals surface area contributed by atoms with Crippen LogP contribution in [-0.4, -0.2) is 26.2 Å². The van der Waals surface area contributed by atoms with Crippen LogP contribution in [0, 0.1) is 0 Å². The lowest BCUT2D eigenvalue weighted by molar-refractivity contribution is 0.592. The van der Waals surface area contributed by atoms with Gasteiger partial charge in [0.25, 0.3) is 0 Å². The van der Waals surface area contributed by atoms with Gasteiger partial charge in [-0.25, -0.2) is 13.4 Å². The van der Waals surface area contributed by atoms with Crippen molar-refractivity contribution >= 4 is 21.2 Å². The summed E-state index contributed by atoms with van der Waals surface area (Å²) in [4.78, 5) is 5.26. The van der Waals surface area contributed by atoms with Crippen LogP contribution in [0.3, 0.4) is 0 Å². The van der Waals surface area contributed by atoms with Crippen LogP contribution in [0.25, 0.3) is 0 Å². The van der Waals surface area contributed by atoms with E-state index in [4.69, 9.17) is 0 Å². The standard InChI is InChI=1S/C10H18N2O2S2/c1-5-11-7(2)9-6-12-10(15-9)8(3)16(4,13)14/h6-8,11H,5H2,1-4H3. The summed E-state index contributed by atoms with van der Waals surface area (Å²) in [5.74, 6) is 0. The highest BCUT2D eigenvalue weighted by Crippen LogP contribution is 2.28. The predicted octanol–water partition coefficient (Wildman–Crippen LogP) is 1.92. The van der Waals surface area contributed by atoms with E-state index in [9.17, 15) is 8.42 Å². The van der Waals surface area contributed by atoms with Gasteiger partial charge in [0.1, 0.15) is 10.3 Å². The Hall–Kier alpha value is -0.460. The molecule has 1 aromatic heterocycles. The van der Waals surface area contributed by atoms with Gasteiger partial charge in [0, 0.05) is 23.4 Å². The lowest BCUT2D eigenvalue weighted by Crippen LogP contribution is -2.16. The third-order valence-corrected chi connectivity index (χ3v) is 5.49. The van der Waals surface area contributed by atoms with Crippen LogP contribution < -0.4 is 5.32 Å². The van der Waals surface area contributed by atoms with E-state index in [2.05, 4.69) is 10.3 Å². The predicted molar refractivity (Wildman–Crippen MR) is 67.5 cm³/mol. The van der Waals surface area contributed by atoms with Crippen molar-refractivity contribution in [1.82, 2.24) is 10.3 Å². The summed E-state index contributed by atoms with van der Waals surface area (Å²) in [6.45, 7) is 6.65. The van der Waals surface area contributed by atoms with Gasteiger partial charge in [0.05, 0.1) is 0 Å². The average molecular weight is 262 g/mol. The molecule has 1 aromatic rings. The van der Waals surface area contributed by atoms with Crippen molar-refractivity contribution < 1.29 is 8.42 Å². The zero-order valence-electron chi connectivity index (χ0n) is 10.0. The SMILES string of the molecule is CCNC(C)c1cnc(C(C)S(C)(=O)=O)s1. The number of hydrogen-bond acceptors (Lipinski definition) is 5.